The van der Waals surface area contributed by atoms with Gasteiger partial charge in [0.15, 0.2) is 0 Å². The lowest BCUT2D eigenvalue weighted by molar-refractivity contribution is -0.127. The normalized spacial score (nSPS) is 16.4. The molecule has 1 aliphatic heterocycles. The Hall–Kier alpha value is -3.04. The summed E-state index contributed by atoms with van der Waals surface area (Å²) in [7, 11) is 3.12. The van der Waals surface area contributed by atoms with Gasteiger partial charge in [-0.25, -0.2) is 0 Å². The van der Waals surface area contributed by atoms with Gasteiger partial charge in [0.05, 0.1) is 19.5 Å². The lowest BCUT2D eigenvalue weighted by Gasteiger charge is -2.21. The number of methoxy groups -OCH3 is 2. The van der Waals surface area contributed by atoms with E-state index < -0.39 is 5.25 Å². The van der Waals surface area contributed by atoms with Crippen molar-refractivity contribution in [2.75, 3.05) is 20.8 Å². The molecule has 1 unspecified atom stereocenters. The molecule has 2 heterocycles. The number of likely N-dealkylation sites (tertiary alicyclic amines) is 1. The molecule has 1 aromatic heterocycles. The predicted octanol–water partition coefficient (Wildman–Crippen LogP) is 4.72. The molecule has 0 aliphatic carbocycles. The third-order valence-corrected chi connectivity index (χ3v) is 6.56. The first kappa shape index (κ1) is 23.1. The molecule has 172 valence electrons. The maximum absolute atomic E-state index is 13.2. The van der Waals surface area contributed by atoms with Crippen LogP contribution in [-0.2, 0) is 4.79 Å². The van der Waals surface area contributed by atoms with Crippen LogP contribution in [0.25, 0.3) is 11.5 Å². The number of amides is 2. The zero-order valence-electron chi connectivity index (χ0n) is 18.1. The van der Waals surface area contributed by atoms with Gasteiger partial charge >= 0.3 is 0 Å². The van der Waals surface area contributed by atoms with Crippen LogP contribution >= 0.6 is 23.4 Å². The van der Waals surface area contributed by atoms with Crippen LogP contribution in [0.5, 0.6) is 11.5 Å². The second kappa shape index (κ2) is 10.3. The molecule has 0 bridgehead atoms. The number of hydrogen-bond donors (Lipinski definition) is 0. The summed E-state index contributed by atoms with van der Waals surface area (Å²) in [6, 6.07) is 11.8. The van der Waals surface area contributed by atoms with E-state index in [9.17, 15) is 9.59 Å². The molecule has 4 rings (SSSR count). The molecule has 3 aromatic rings. The largest absolute Gasteiger partial charge is 0.497 e. The van der Waals surface area contributed by atoms with Gasteiger partial charge in [-0.3, -0.25) is 14.5 Å². The standard InChI is InChI=1S/C23H22ClN3O5S/c1-30-17-11-15(12-18(13-17)31-2)20-25-26-23(32-20)33-19-5-3-4-10-27(22(19)29)21(28)14-6-8-16(24)9-7-14/h6-9,11-13,19H,3-5,10H2,1-2H3. The van der Waals surface area contributed by atoms with E-state index in [0.717, 1.165) is 12.8 Å². The average molecular weight is 488 g/mol. The third kappa shape index (κ3) is 5.31. The molecule has 1 aliphatic rings. The van der Waals surface area contributed by atoms with Crippen molar-refractivity contribution in [3.63, 3.8) is 0 Å². The first-order valence-corrected chi connectivity index (χ1v) is 11.6. The number of nitrogens with zero attached hydrogens (tertiary/aromatic N) is 3. The van der Waals surface area contributed by atoms with E-state index in [4.69, 9.17) is 25.5 Å². The van der Waals surface area contributed by atoms with E-state index >= 15 is 0 Å². The lowest BCUT2D eigenvalue weighted by atomic mass is 10.2. The Kier molecular flexibility index (Phi) is 7.20. The van der Waals surface area contributed by atoms with Crippen LogP contribution in [0, 0.1) is 0 Å². The van der Waals surface area contributed by atoms with E-state index in [0.29, 0.717) is 40.6 Å². The predicted molar refractivity (Wildman–Crippen MR) is 124 cm³/mol. The Morgan fingerprint density at radius 3 is 2.45 bits per heavy atom. The summed E-state index contributed by atoms with van der Waals surface area (Å²) in [5.41, 5.74) is 1.06. The Bertz CT molecular complexity index is 1130. The van der Waals surface area contributed by atoms with Gasteiger partial charge in [0, 0.05) is 28.8 Å². The molecule has 1 saturated heterocycles. The summed E-state index contributed by atoms with van der Waals surface area (Å²) in [6.07, 6.45) is 2.15. The molecule has 1 fully saturated rings. The SMILES string of the molecule is COc1cc(OC)cc(-c2nnc(SC3CCCCN(C(=O)c4ccc(Cl)cc4)C3=O)o2)c1. The lowest BCUT2D eigenvalue weighted by Crippen LogP contribution is -2.41. The second-order valence-electron chi connectivity index (χ2n) is 7.38. The van der Waals surface area contributed by atoms with E-state index in [-0.39, 0.29) is 22.9 Å². The number of rotatable bonds is 6. The van der Waals surface area contributed by atoms with Gasteiger partial charge < -0.3 is 13.9 Å². The smallest absolute Gasteiger partial charge is 0.277 e. The molecule has 0 N–H and O–H groups in total. The second-order valence-corrected chi connectivity index (χ2v) is 8.97. The van der Waals surface area contributed by atoms with Gasteiger partial charge in [-0.1, -0.05) is 29.8 Å². The zero-order valence-corrected chi connectivity index (χ0v) is 19.7. The van der Waals surface area contributed by atoms with E-state index in [1.807, 2.05) is 0 Å². The third-order valence-electron chi connectivity index (χ3n) is 5.22. The minimum absolute atomic E-state index is 0.255. The highest BCUT2D eigenvalue weighted by atomic mass is 35.5. The maximum atomic E-state index is 13.2. The highest BCUT2D eigenvalue weighted by Gasteiger charge is 2.33. The van der Waals surface area contributed by atoms with Gasteiger partial charge in [0.1, 0.15) is 11.5 Å². The molecule has 10 heteroatoms. The molecular weight excluding hydrogens is 466 g/mol. The monoisotopic (exact) mass is 487 g/mol. The summed E-state index contributed by atoms with van der Waals surface area (Å²) >= 11 is 7.09. The summed E-state index contributed by atoms with van der Waals surface area (Å²) in [5, 5.41) is 8.49. The Labute approximate surface area is 200 Å². The van der Waals surface area contributed by atoms with Crippen LogP contribution in [0.1, 0.15) is 29.6 Å². The molecule has 33 heavy (non-hydrogen) atoms. The van der Waals surface area contributed by atoms with Gasteiger partial charge in [-0.05, 0) is 49.2 Å². The number of thioether (sulfide) groups is 1. The summed E-state index contributed by atoms with van der Waals surface area (Å²) in [6.45, 7) is 0.371. The highest BCUT2D eigenvalue weighted by Crippen LogP contribution is 2.34. The number of hydrogen-bond acceptors (Lipinski definition) is 8. The van der Waals surface area contributed by atoms with Crippen molar-refractivity contribution in [1.29, 1.82) is 0 Å². The van der Waals surface area contributed by atoms with Crippen LogP contribution in [-0.4, -0.2) is 52.9 Å². The highest BCUT2D eigenvalue weighted by molar-refractivity contribution is 8.00. The number of halogens is 1. The summed E-state index contributed by atoms with van der Waals surface area (Å²) in [5.74, 6) is 0.864. The maximum Gasteiger partial charge on any atom is 0.277 e. The number of carbonyl (C=O) groups excluding carboxylic acids is 2. The molecule has 1 atom stereocenters. The van der Waals surface area contributed by atoms with E-state index in [2.05, 4.69) is 10.2 Å². The number of ether oxygens (including phenoxy) is 2. The van der Waals surface area contributed by atoms with E-state index in [1.165, 1.54) is 16.7 Å². The van der Waals surface area contributed by atoms with E-state index in [1.54, 1.807) is 56.7 Å². The number of carbonyl (C=O) groups is 2. The number of benzene rings is 2. The molecule has 2 aromatic carbocycles. The molecule has 0 spiro atoms. The van der Waals surface area contributed by atoms with Gasteiger partial charge in [-0.15, -0.1) is 10.2 Å². The fourth-order valence-electron chi connectivity index (χ4n) is 3.49. The van der Waals surface area contributed by atoms with Crippen LogP contribution in [0.2, 0.25) is 5.02 Å². The Morgan fingerprint density at radius 2 is 1.79 bits per heavy atom. The average Bonchev–Trinajstić information content (AvgIpc) is 3.23. The number of aromatic nitrogens is 2. The van der Waals surface area contributed by atoms with Crippen molar-refractivity contribution in [3.05, 3.63) is 53.1 Å². The van der Waals surface area contributed by atoms with Crippen LogP contribution in [0.15, 0.2) is 52.1 Å². The van der Waals surface area contributed by atoms with Crippen molar-refractivity contribution in [3.8, 4) is 23.0 Å². The molecule has 8 nitrogen and oxygen atoms in total. The fourth-order valence-corrected chi connectivity index (χ4v) is 4.59. The van der Waals surface area contributed by atoms with Crippen LogP contribution < -0.4 is 9.47 Å². The number of imide groups is 1. The van der Waals surface area contributed by atoms with Crippen molar-refractivity contribution in [2.24, 2.45) is 0 Å². The van der Waals surface area contributed by atoms with Gasteiger partial charge in [0.25, 0.3) is 11.1 Å². The summed E-state index contributed by atoms with van der Waals surface area (Å²) in [4.78, 5) is 27.5. The molecule has 2 amide bonds. The first-order valence-electron chi connectivity index (χ1n) is 10.3. The van der Waals surface area contributed by atoms with Gasteiger partial charge in [-0.2, -0.15) is 0 Å². The minimum atomic E-state index is -0.503. The molecular formula is C23H22ClN3O5S. The summed E-state index contributed by atoms with van der Waals surface area (Å²) < 4.78 is 16.4. The van der Waals surface area contributed by atoms with Crippen molar-refractivity contribution in [2.45, 2.75) is 29.7 Å². The van der Waals surface area contributed by atoms with Crippen molar-refractivity contribution < 1.29 is 23.5 Å². The van der Waals surface area contributed by atoms with Crippen molar-refractivity contribution in [1.82, 2.24) is 15.1 Å². The Morgan fingerprint density at radius 1 is 1.09 bits per heavy atom. The minimum Gasteiger partial charge on any atom is -0.497 e. The topological polar surface area (TPSA) is 94.8 Å². The van der Waals surface area contributed by atoms with Crippen molar-refractivity contribution >= 4 is 35.2 Å². The van der Waals surface area contributed by atoms with Crippen LogP contribution in [0.3, 0.4) is 0 Å². The fraction of sp³-hybridized carbons (Fsp3) is 0.304. The quantitative estimate of drug-likeness (QED) is 0.461. The zero-order chi connectivity index (χ0) is 23.4. The van der Waals surface area contributed by atoms with Gasteiger partial charge in [0.2, 0.25) is 11.8 Å². The first-order chi connectivity index (χ1) is 16.0. The Balaban J connectivity index is 1.52. The molecule has 0 radical (unpaired) electrons. The molecule has 0 saturated carbocycles. The van der Waals surface area contributed by atoms with Crippen LogP contribution in [0.4, 0.5) is 0 Å².